The Labute approximate surface area is 114 Å². The molecule has 0 aromatic carbocycles. The third-order valence-electron chi connectivity index (χ3n) is 4.71. The van der Waals surface area contributed by atoms with Crippen molar-refractivity contribution in [2.24, 2.45) is 0 Å². The highest BCUT2D eigenvalue weighted by molar-refractivity contribution is 5.00. The molecule has 0 aromatic heterocycles. The van der Waals surface area contributed by atoms with E-state index in [0.29, 0.717) is 5.54 Å². The summed E-state index contributed by atoms with van der Waals surface area (Å²) in [5.41, 5.74) is 0.322. The number of hydrogen-bond donors (Lipinski definition) is 1. The quantitative estimate of drug-likeness (QED) is 0.717. The molecular weight excluding hydrogens is 222 g/mol. The highest BCUT2D eigenvalue weighted by Crippen LogP contribution is 2.31. The summed E-state index contributed by atoms with van der Waals surface area (Å²) in [6, 6.07) is 0.736. The van der Waals surface area contributed by atoms with Crippen molar-refractivity contribution in [1.82, 2.24) is 15.1 Å². The van der Waals surface area contributed by atoms with Gasteiger partial charge in [-0.1, -0.05) is 20.8 Å². The van der Waals surface area contributed by atoms with E-state index in [0.717, 1.165) is 19.1 Å². The molecular formula is C15H33N3. The summed E-state index contributed by atoms with van der Waals surface area (Å²) >= 11 is 0. The smallest absolute Gasteiger partial charge is 0.0332 e. The number of likely N-dealkylation sites (N-methyl/N-ethyl adjacent to an activating group) is 2. The molecule has 1 heterocycles. The van der Waals surface area contributed by atoms with E-state index in [-0.39, 0.29) is 0 Å². The van der Waals surface area contributed by atoms with Crippen LogP contribution in [0.3, 0.4) is 0 Å². The minimum Gasteiger partial charge on any atom is -0.308 e. The van der Waals surface area contributed by atoms with Crippen molar-refractivity contribution in [3.05, 3.63) is 0 Å². The summed E-state index contributed by atoms with van der Waals surface area (Å²) in [6.07, 6.45) is 5.20. The number of hydrogen-bond acceptors (Lipinski definition) is 3. The normalized spacial score (nSPS) is 22.0. The summed E-state index contributed by atoms with van der Waals surface area (Å²) in [7, 11) is 4.30. The molecule has 1 aliphatic heterocycles. The lowest BCUT2D eigenvalue weighted by Gasteiger charge is -2.43. The summed E-state index contributed by atoms with van der Waals surface area (Å²) in [4.78, 5) is 4.94. The van der Waals surface area contributed by atoms with Crippen LogP contribution in [0.2, 0.25) is 0 Å². The van der Waals surface area contributed by atoms with Crippen molar-refractivity contribution in [2.45, 2.75) is 58.0 Å². The minimum atomic E-state index is 0.322. The van der Waals surface area contributed by atoms with Gasteiger partial charge in [0.1, 0.15) is 0 Å². The largest absolute Gasteiger partial charge is 0.308 e. The Balaban J connectivity index is 2.66. The van der Waals surface area contributed by atoms with Gasteiger partial charge in [0, 0.05) is 24.7 Å². The first kappa shape index (κ1) is 15.9. The Morgan fingerprint density at radius 1 is 1.22 bits per heavy atom. The van der Waals surface area contributed by atoms with Crippen molar-refractivity contribution in [1.29, 1.82) is 0 Å². The molecule has 0 radical (unpaired) electrons. The molecule has 0 amide bonds. The first-order valence-electron chi connectivity index (χ1n) is 7.73. The second kappa shape index (κ2) is 7.46. The standard InChI is InChI=1S/C15H33N3/c1-6-15(7-2,16-11-13-17(4)5)14-10-9-12-18(14)8-3/h14,16H,6-13H2,1-5H3. The van der Waals surface area contributed by atoms with Gasteiger partial charge >= 0.3 is 0 Å². The molecule has 1 rings (SSSR count). The van der Waals surface area contributed by atoms with Gasteiger partial charge in [0.2, 0.25) is 0 Å². The van der Waals surface area contributed by atoms with Gasteiger partial charge in [-0.3, -0.25) is 4.90 Å². The molecule has 1 unspecified atom stereocenters. The fraction of sp³-hybridized carbons (Fsp3) is 1.00. The Kier molecular flexibility index (Phi) is 6.61. The zero-order valence-electron chi connectivity index (χ0n) is 13.1. The Morgan fingerprint density at radius 2 is 1.89 bits per heavy atom. The molecule has 18 heavy (non-hydrogen) atoms. The molecule has 108 valence electrons. The number of rotatable bonds is 8. The highest BCUT2D eigenvalue weighted by Gasteiger charge is 2.40. The van der Waals surface area contributed by atoms with Crippen molar-refractivity contribution < 1.29 is 0 Å². The average molecular weight is 255 g/mol. The molecule has 1 saturated heterocycles. The third-order valence-corrected chi connectivity index (χ3v) is 4.71. The van der Waals surface area contributed by atoms with Crippen LogP contribution in [-0.4, -0.2) is 61.7 Å². The van der Waals surface area contributed by atoms with E-state index >= 15 is 0 Å². The van der Waals surface area contributed by atoms with Gasteiger partial charge in [-0.05, 0) is 52.9 Å². The second-order valence-corrected chi connectivity index (χ2v) is 5.88. The van der Waals surface area contributed by atoms with Crippen LogP contribution < -0.4 is 5.32 Å². The molecule has 1 N–H and O–H groups in total. The number of likely N-dealkylation sites (tertiary alicyclic amines) is 1. The fourth-order valence-electron chi connectivity index (χ4n) is 3.45. The maximum atomic E-state index is 3.89. The van der Waals surface area contributed by atoms with Crippen molar-refractivity contribution in [3.63, 3.8) is 0 Å². The average Bonchev–Trinajstić information content (AvgIpc) is 2.83. The van der Waals surface area contributed by atoms with Crippen LogP contribution in [0.4, 0.5) is 0 Å². The maximum Gasteiger partial charge on any atom is 0.0332 e. The van der Waals surface area contributed by atoms with Crippen LogP contribution >= 0.6 is 0 Å². The van der Waals surface area contributed by atoms with Crippen LogP contribution in [0.1, 0.15) is 46.5 Å². The molecule has 0 bridgehead atoms. The van der Waals surface area contributed by atoms with Gasteiger partial charge in [0.05, 0.1) is 0 Å². The predicted molar refractivity (Wildman–Crippen MR) is 80.1 cm³/mol. The molecule has 3 nitrogen and oxygen atoms in total. The lowest BCUT2D eigenvalue weighted by atomic mass is 9.83. The van der Waals surface area contributed by atoms with E-state index < -0.39 is 0 Å². The van der Waals surface area contributed by atoms with Crippen molar-refractivity contribution in [3.8, 4) is 0 Å². The predicted octanol–water partition coefficient (Wildman–Crippen LogP) is 2.18. The van der Waals surface area contributed by atoms with Crippen molar-refractivity contribution >= 4 is 0 Å². The van der Waals surface area contributed by atoms with E-state index in [2.05, 4.69) is 50.0 Å². The topological polar surface area (TPSA) is 18.5 Å². The van der Waals surface area contributed by atoms with E-state index in [4.69, 9.17) is 0 Å². The van der Waals surface area contributed by atoms with Crippen LogP contribution in [0.25, 0.3) is 0 Å². The highest BCUT2D eigenvalue weighted by atomic mass is 15.2. The van der Waals surface area contributed by atoms with Crippen molar-refractivity contribution in [2.75, 3.05) is 40.3 Å². The summed E-state index contributed by atoms with van der Waals surface area (Å²) in [5.74, 6) is 0. The molecule has 1 aliphatic rings. The first-order chi connectivity index (χ1) is 8.59. The molecule has 1 atom stereocenters. The van der Waals surface area contributed by atoms with Gasteiger partial charge in [0.15, 0.2) is 0 Å². The van der Waals surface area contributed by atoms with Gasteiger partial charge in [-0.15, -0.1) is 0 Å². The Bertz CT molecular complexity index is 224. The summed E-state index contributed by atoms with van der Waals surface area (Å²) in [6.45, 7) is 11.7. The first-order valence-corrected chi connectivity index (χ1v) is 7.73. The lowest BCUT2D eigenvalue weighted by molar-refractivity contribution is 0.123. The Morgan fingerprint density at radius 3 is 2.39 bits per heavy atom. The monoisotopic (exact) mass is 255 g/mol. The molecule has 3 heteroatoms. The van der Waals surface area contributed by atoms with Crippen LogP contribution in [0.5, 0.6) is 0 Å². The molecule has 0 spiro atoms. The zero-order valence-corrected chi connectivity index (χ0v) is 13.1. The van der Waals surface area contributed by atoms with Gasteiger partial charge in [-0.25, -0.2) is 0 Å². The maximum absolute atomic E-state index is 3.89. The van der Waals surface area contributed by atoms with Crippen LogP contribution in [0, 0.1) is 0 Å². The van der Waals surface area contributed by atoms with Crippen LogP contribution in [-0.2, 0) is 0 Å². The molecule has 1 fully saturated rings. The third kappa shape index (κ3) is 3.69. The summed E-state index contributed by atoms with van der Waals surface area (Å²) < 4.78 is 0. The van der Waals surface area contributed by atoms with E-state index in [9.17, 15) is 0 Å². The van der Waals surface area contributed by atoms with Gasteiger partial charge < -0.3 is 10.2 Å². The number of nitrogens with one attached hydrogen (secondary N) is 1. The fourth-order valence-corrected chi connectivity index (χ4v) is 3.45. The van der Waals surface area contributed by atoms with E-state index in [1.807, 2.05) is 0 Å². The zero-order chi connectivity index (χ0) is 13.6. The van der Waals surface area contributed by atoms with Crippen LogP contribution in [0.15, 0.2) is 0 Å². The second-order valence-electron chi connectivity index (χ2n) is 5.88. The molecule has 0 aliphatic carbocycles. The summed E-state index contributed by atoms with van der Waals surface area (Å²) in [5, 5.41) is 3.89. The number of nitrogens with zero attached hydrogens (tertiary/aromatic N) is 2. The minimum absolute atomic E-state index is 0.322. The lowest BCUT2D eigenvalue weighted by Crippen LogP contribution is -2.59. The van der Waals surface area contributed by atoms with E-state index in [1.165, 1.54) is 38.8 Å². The van der Waals surface area contributed by atoms with Gasteiger partial charge in [-0.2, -0.15) is 0 Å². The van der Waals surface area contributed by atoms with E-state index in [1.54, 1.807) is 0 Å². The Hall–Kier alpha value is -0.120. The van der Waals surface area contributed by atoms with Gasteiger partial charge in [0.25, 0.3) is 0 Å². The molecule has 0 aromatic rings. The SMILES string of the molecule is CCN1CCCC1C(CC)(CC)NCCN(C)C. The molecule has 0 saturated carbocycles.